The van der Waals surface area contributed by atoms with E-state index in [1.807, 2.05) is 39.0 Å². The maximum atomic E-state index is 13.5. The molecule has 1 aliphatic rings. The first-order valence-corrected chi connectivity index (χ1v) is 13.4. The summed E-state index contributed by atoms with van der Waals surface area (Å²) in [6.07, 6.45) is 5.95. The molecule has 1 aliphatic heterocycles. The highest BCUT2D eigenvalue weighted by atomic mass is 32.2. The average Bonchev–Trinajstić information content (AvgIpc) is 3.03. The number of hydrogen-bond donors (Lipinski definition) is 1. The average molecular weight is 472 g/mol. The Morgan fingerprint density at radius 1 is 0.909 bits per heavy atom. The highest BCUT2D eigenvalue weighted by molar-refractivity contribution is 7.92. The van der Waals surface area contributed by atoms with Gasteiger partial charge in [0.05, 0.1) is 10.6 Å². The number of nitrogens with zero attached hydrogens (tertiary/aromatic N) is 2. The van der Waals surface area contributed by atoms with Gasteiger partial charge in [0.25, 0.3) is 10.0 Å². The molecule has 2 aromatic carbocycles. The first kappa shape index (κ1) is 25.2. The fourth-order valence-electron chi connectivity index (χ4n) is 4.32. The summed E-state index contributed by atoms with van der Waals surface area (Å²) in [5, 5.41) is 2.93. The quantitative estimate of drug-likeness (QED) is 0.557. The van der Waals surface area contributed by atoms with E-state index in [1.54, 1.807) is 24.3 Å². The normalized spacial score (nSPS) is 15.1. The van der Waals surface area contributed by atoms with Crippen molar-refractivity contribution in [2.24, 2.45) is 0 Å². The van der Waals surface area contributed by atoms with E-state index < -0.39 is 10.0 Å². The van der Waals surface area contributed by atoms with Gasteiger partial charge in [-0.15, -0.1) is 0 Å². The van der Waals surface area contributed by atoms with Crippen LogP contribution in [0.1, 0.15) is 48.8 Å². The van der Waals surface area contributed by atoms with Gasteiger partial charge in [0, 0.05) is 6.54 Å². The van der Waals surface area contributed by atoms with Crippen molar-refractivity contribution in [1.82, 2.24) is 10.2 Å². The lowest BCUT2D eigenvalue weighted by Crippen LogP contribution is -2.41. The van der Waals surface area contributed by atoms with Gasteiger partial charge in [-0.05, 0) is 95.1 Å². The van der Waals surface area contributed by atoms with Crippen LogP contribution in [-0.2, 0) is 14.8 Å². The first-order chi connectivity index (χ1) is 15.8. The molecular formula is C26H37N3O3S. The molecule has 1 saturated heterocycles. The minimum atomic E-state index is -3.89. The standard InChI is InChI=1S/C26H37N3O3S/c1-21-9-11-25(12-10-21)33(31,32)29(24-18-22(2)17-23(3)19-24)20-26(30)27-13-8-16-28-14-6-4-5-7-15-28/h9-12,17-19H,4-8,13-16,20H2,1-3H3,(H,27,30). The lowest BCUT2D eigenvalue weighted by atomic mass is 10.1. The van der Waals surface area contributed by atoms with Crippen molar-refractivity contribution in [3.05, 3.63) is 59.2 Å². The number of carbonyl (C=O) groups is 1. The molecule has 1 heterocycles. The minimum Gasteiger partial charge on any atom is -0.354 e. The maximum Gasteiger partial charge on any atom is 0.264 e. The van der Waals surface area contributed by atoms with E-state index >= 15 is 0 Å². The van der Waals surface area contributed by atoms with Crippen LogP contribution >= 0.6 is 0 Å². The number of carbonyl (C=O) groups excluding carboxylic acids is 1. The Bertz CT molecular complexity index is 1010. The lowest BCUT2D eigenvalue weighted by molar-refractivity contribution is -0.119. The molecule has 6 nitrogen and oxygen atoms in total. The summed E-state index contributed by atoms with van der Waals surface area (Å²) in [5.41, 5.74) is 3.39. The van der Waals surface area contributed by atoms with Crippen LogP contribution in [0.25, 0.3) is 0 Å². The number of anilines is 1. The molecular weight excluding hydrogens is 434 g/mol. The van der Waals surface area contributed by atoms with E-state index in [-0.39, 0.29) is 17.3 Å². The zero-order chi connectivity index (χ0) is 23.8. The van der Waals surface area contributed by atoms with Crippen molar-refractivity contribution in [3.63, 3.8) is 0 Å². The maximum absolute atomic E-state index is 13.5. The number of likely N-dealkylation sites (tertiary alicyclic amines) is 1. The largest absolute Gasteiger partial charge is 0.354 e. The fourth-order valence-corrected chi connectivity index (χ4v) is 5.73. The molecule has 1 N–H and O–H groups in total. The van der Waals surface area contributed by atoms with E-state index in [1.165, 1.54) is 30.0 Å². The van der Waals surface area contributed by atoms with Gasteiger partial charge in [-0.25, -0.2) is 8.42 Å². The number of sulfonamides is 1. The Morgan fingerprint density at radius 3 is 2.12 bits per heavy atom. The van der Waals surface area contributed by atoms with Crippen LogP contribution in [0.3, 0.4) is 0 Å². The van der Waals surface area contributed by atoms with Gasteiger partial charge in [-0.2, -0.15) is 0 Å². The van der Waals surface area contributed by atoms with Crippen molar-refractivity contribution in [2.45, 2.75) is 57.8 Å². The third kappa shape index (κ3) is 7.30. The van der Waals surface area contributed by atoms with Gasteiger partial charge in [0.15, 0.2) is 0 Å². The summed E-state index contributed by atoms with van der Waals surface area (Å²) < 4.78 is 28.2. The molecule has 180 valence electrons. The van der Waals surface area contributed by atoms with E-state index in [9.17, 15) is 13.2 Å². The van der Waals surface area contributed by atoms with Crippen LogP contribution in [0.15, 0.2) is 47.4 Å². The number of aryl methyl sites for hydroxylation is 3. The van der Waals surface area contributed by atoms with Crippen LogP contribution in [0.5, 0.6) is 0 Å². The predicted octanol–water partition coefficient (Wildman–Crippen LogP) is 4.19. The second-order valence-corrected chi connectivity index (χ2v) is 11.0. The molecule has 0 unspecified atom stereocenters. The van der Waals surface area contributed by atoms with E-state index in [0.29, 0.717) is 12.2 Å². The van der Waals surface area contributed by atoms with E-state index in [4.69, 9.17) is 0 Å². The molecule has 0 atom stereocenters. The Morgan fingerprint density at radius 2 is 1.52 bits per heavy atom. The smallest absolute Gasteiger partial charge is 0.264 e. The molecule has 1 fully saturated rings. The van der Waals surface area contributed by atoms with Crippen LogP contribution in [0.2, 0.25) is 0 Å². The molecule has 0 spiro atoms. The SMILES string of the molecule is Cc1ccc(S(=O)(=O)N(CC(=O)NCCCN2CCCCCC2)c2cc(C)cc(C)c2)cc1. The Hall–Kier alpha value is -2.38. The monoisotopic (exact) mass is 471 g/mol. The zero-order valence-electron chi connectivity index (χ0n) is 20.1. The van der Waals surface area contributed by atoms with Gasteiger partial charge >= 0.3 is 0 Å². The van der Waals surface area contributed by atoms with Gasteiger partial charge < -0.3 is 10.2 Å². The van der Waals surface area contributed by atoms with Crippen LogP contribution in [0, 0.1) is 20.8 Å². The molecule has 1 amide bonds. The highest BCUT2D eigenvalue weighted by Gasteiger charge is 2.27. The van der Waals surface area contributed by atoms with Gasteiger partial charge in [0.2, 0.25) is 5.91 Å². The molecule has 33 heavy (non-hydrogen) atoms. The summed E-state index contributed by atoms with van der Waals surface area (Å²) in [6, 6.07) is 12.4. The molecule has 7 heteroatoms. The molecule has 0 bridgehead atoms. The predicted molar refractivity (Wildman–Crippen MR) is 134 cm³/mol. The number of nitrogens with one attached hydrogen (secondary N) is 1. The summed E-state index contributed by atoms with van der Waals surface area (Å²) in [5.74, 6) is -0.291. The summed E-state index contributed by atoms with van der Waals surface area (Å²) in [6.45, 7) is 9.28. The summed E-state index contributed by atoms with van der Waals surface area (Å²) >= 11 is 0. The third-order valence-corrected chi connectivity index (χ3v) is 7.85. The van der Waals surface area contributed by atoms with Crippen molar-refractivity contribution in [3.8, 4) is 0 Å². The molecule has 0 radical (unpaired) electrons. The van der Waals surface area contributed by atoms with Gasteiger partial charge in [-0.3, -0.25) is 9.10 Å². The van der Waals surface area contributed by atoms with Gasteiger partial charge in [-0.1, -0.05) is 36.6 Å². The number of rotatable bonds is 9. The third-order valence-electron chi connectivity index (χ3n) is 6.06. The molecule has 3 rings (SSSR count). The number of hydrogen-bond acceptors (Lipinski definition) is 4. The number of benzene rings is 2. The van der Waals surface area contributed by atoms with E-state index in [2.05, 4.69) is 10.2 Å². The lowest BCUT2D eigenvalue weighted by Gasteiger charge is -2.25. The van der Waals surface area contributed by atoms with Crippen LogP contribution in [0.4, 0.5) is 5.69 Å². The van der Waals surface area contributed by atoms with Crippen LogP contribution in [-0.4, -0.2) is 51.9 Å². The summed E-state index contributed by atoms with van der Waals surface area (Å²) in [4.78, 5) is 15.4. The summed E-state index contributed by atoms with van der Waals surface area (Å²) in [7, 11) is -3.89. The van der Waals surface area contributed by atoms with Crippen molar-refractivity contribution in [1.29, 1.82) is 0 Å². The fraction of sp³-hybridized carbons (Fsp3) is 0.500. The van der Waals surface area contributed by atoms with Crippen LogP contribution < -0.4 is 9.62 Å². The molecule has 2 aromatic rings. The topological polar surface area (TPSA) is 69.7 Å². The molecule has 0 aliphatic carbocycles. The highest BCUT2D eigenvalue weighted by Crippen LogP contribution is 2.26. The van der Waals surface area contributed by atoms with Crippen molar-refractivity contribution < 1.29 is 13.2 Å². The zero-order valence-corrected chi connectivity index (χ0v) is 21.0. The Kier molecular flexibility index (Phi) is 8.92. The molecule has 0 saturated carbocycles. The minimum absolute atomic E-state index is 0.182. The first-order valence-electron chi connectivity index (χ1n) is 11.9. The van der Waals surface area contributed by atoms with Crippen molar-refractivity contribution in [2.75, 3.05) is 37.0 Å². The Balaban J connectivity index is 1.70. The van der Waals surface area contributed by atoms with Gasteiger partial charge in [0.1, 0.15) is 6.54 Å². The second-order valence-electron chi connectivity index (χ2n) is 9.13. The number of amides is 1. The molecule has 0 aromatic heterocycles. The van der Waals surface area contributed by atoms with E-state index in [0.717, 1.165) is 42.7 Å². The Labute approximate surface area is 199 Å². The second kappa shape index (κ2) is 11.7. The van der Waals surface area contributed by atoms with Crippen molar-refractivity contribution >= 4 is 21.6 Å².